The first-order chi connectivity index (χ1) is 16.0. The molecule has 0 radical (unpaired) electrons. The Bertz CT molecular complexity index is 1130. The van der Waals surface area contributed by atoms with Crippen molar-refractivity contribution >= 4 is 40.9 Å². The highest BCUT2D eigenvalue weighted by Crippen LogP contribution is 2.23. The molecule has 2 N–H and O–H groups in total. The first kappa shape index (κ1) is 22.5. The molecule has 1 aliphatic rings. The molecule has 0 aliphatic carbocycles. The number of carbonyl (C=O) groups excluding carboxylic acids is 3. The van der Waals surface area contributed by atoms with Crippen molar-refractivity contribution in [3.8, 4) is 0 Å². The molecule has 3 aromatic rings. The zero-order valence-corrected chi connectivity index (χ0v) is 18.8. The van der Waals surface area contributed by atoms with Gasteiger partial charge in [0.1, 0.15) is 6.04 Å². The van der Waals surface area contributed by atoms with E-state index in [9.17, 15) is 14.4 Å². The molecular formula is C22H23N7O3S. The first-order valence-corrected chi connectivity index (χ1v) is 11.4. The first-order valence-electron chi connectivity index (χ1n) is 10.4. The van der Waals surface area contributed by atoms with Gasteiger partial charge >= 0.3 is 0 Å². The van der Waals surface area contributed by atoms with Crippen LogP contribution in [0.15, 0.2) is 59.8 Å². The van der Waals surface area contributed by atoms with Gasteiger partial charge in [-0.15, -0.1) is 5.10 Å². The quantitative estimate of drug-likeness (QED) is 0.513. The molecule has 1 saturated heterocycles. The van der Waals surface area contributed by atoms with Gasteiger partial charge in [-0.1, -0.05) is 30.0 Å². The number of rotatable bonds is 7. The summed E-state index contributed by atoms with van der Waals surface area (Å²) in [5, 5.41) is 17.3. The Morgan fingerprint density at radius 2 is 1.76 bits per heavy atom. The SMILES string of the molecule is Cn1nnnc1SCC(=O)Nc1ccc(C(=O)N2CCCC2C(=O)Nc2ccccc2)cc1. The molecule has 0 saturated carbocycles. The number of amides is 3. The topological polar surface area (TPSA) is 122 Å². The van der Waals surface area contributed by atoms with Crippen LogP contribution in [0.5, 0.6) is 0 Å². The summed E-state index contributed by atoms with van der Waals surface area (Å²) in [5.74, 6) is -0.448. The van der Waals surface area contributed by atoms with Crippen LogP contribution in [0.2, 0.25) is 0 Å². The zero-order chi connectivity index (χ0) is 23.2. The Morgan fingerprint density at radius 3 is 2.45 bits per heavy atom. The van der Waals surface area contributed by atoms with E-state index < -0.39 is 6.04 Å². The summed E-state index contributed by atoms with van der Waals surface area (Å²) in [5.41, 5.74) is 1.75. The zero-order valence-electron chi connectivity index (χ0n) is 18.0. The number of aromatic nitrogens is 4. The monoisotopic (exact) mass is 465 g/mol. The Balaban J connectivity index is 1.33. The van der Waals surface area contributed by atoms with Gasteiger partial charge in [-0.2, -0.15) is 0 Å². The third kappa shape index (κ3) is 5.55. The van der Waals surface area contributed by atoms with Crippen LogP contribution in [0.1, 0.15) is 23.2 Å². The molecule has 0 spiro atoms. The number of aryl methyl sites for hydroxylation is 1. The minimum absolute atomic E-state index is 0.154. The predicted octanol–water partition coefficient (Wildman–Crippen LogP) is 2.18. The van der Waals surface area contributed by atoms with Gasteiger partial charge in [-0.3, -0.25) is 14.4 Å². The lowest BCUT2D eigenvalue weighted by Gasteiger charge is -2.24. The molecule has 1 aliphatic heterocycles. The van der Waals surface area contributed by atoms with E-state index >= 15 is 0 Å². The number of nitrogens with zero attached hydrogens (tertiary/aromatic N) is 5. The Hall–Kier alpha value is -3.73. The van der Waals surface area contributed by atoms with Crippen molar-refractivity contribution in [1.29, 1.82) is 0 Å². The van der Waals surface area contributed by atoms with E-state index in [0.717, 1.165) is 6.42 Å². The fourth-order valence-corrected chi connectivity index (χ4v) is 4.21. The van der Waals surface area contributed by atoms with Crippen molar-refractivity contribution < 1.29 is 14.4 Å². The highest BCUT2D eigenvalue weighted by molar-refractivity contribution is 7.99. The van der Waals surface area contributed by atoms with Gasteiger partial charge < -0.3 is 15.5 Å². The summed E-state index contributed by atoms with van der Waals surface area (Å²) in [6.45, 7) is 0.526. The lowest BCUT2D eigenvalue weighted by atomic mass is 10.1. The average molecular weight is 466 g/mol. The molecule has 2 heterocycles. The summed E-state index contributed by atoms with van der Waals surface area (Å²) in [7, 11) is 1.70. The van der Waals surface area contributed by atoms with Gasteiger partial charge in [0, 0.05) is 30.5 Å². The summed E-state index contributed by atoms with van der Waals surface area (Å²) >= 11 is 1.23. The van der Waals surface area contributed by atoms with Crippen LogP contribution in [0.3, 0.4) is 0 Å². The number of tetrazole rings is 1. The van der Waals surface area contributed by atoms with Crippen molar-refractivity contribution in [1.82, 2.24) is 25.1 Å². The highest BCUT2D eigenvalue weighted by Gasteiger charge is 2.34. The minimum atomic E-state index is -0.510. The van der Waals surface area contributed by atoms with Crippen molar-refractivity contribution in [3.63, 3.8) is 0 Å². The summed E-state index contributed by atoms with van der Waals surface area (Å²) in [6, 6.07) is 15.3. The number of anilines is 2. The molecule has 1 atom stereocenters. The largest absolute Gasteiger partial charge is 0.327 e. The molecule has 170 valence electrons. The number of hydrogen-bond donors (Lipinski definition) is 2. The molecule has 1 unspecified atom stereocenters. The second-order valence-corrected chi connectivity index (χ2v) is 8.45. The summed E-state index contributed by atoms with van der Waals surface area (Å²) < 4.78 is 1.49. The smallest absolute Gasteiger partial charge is 0.254 e. The Morgan fingerprint density at radius 1 is 1.03 bits per heavy atom. The van der Waals surface area contributed by atoms with Crippen molar-refractivity contribution in [2.45, 2.75) is 24.0 Å². The van der Waals surface area contributed by atoms with Crippen LogP contribution in [0, 0.1) is 0 Å². The Kier molecular flexibility index (Phi) is 6.98. The standard InChI is InChI=1S/C22H23N7O3S/c1-28-22(25-26-27-28)33-14-19(30)23-17-11-9-15(10-12-17)21(32)29-13-5-8-18(29)20(31)24-16-6-3-2-4-7-16/h2-4,6-7,9-12,18H,5,8,13-14H2,1H3,(H,23,30)(H,24,31). The number of carbonyl (C=O) groups is 3. The maximum Gasteiger partial charge on any atom is 0.254 e. The van der Waals surface area contributed by atoms with Crippen molar-refractivity contribution in [2.24, 2.45) is 7.05 Å². The number of likely N-dealkylation sites (tertiary alicyclic amines) is 1. The number of hydrogen-bond acceptors (Lipinski definition) is 7. The molecule has 2 aromatic carbocycles. The van der Waals surface area contributed by atoms with Gasteiger partial charge in [-0.25, -0.2) is 4.68 Å². The van der Waals surface area contributed by atoms with Crippen LogP contribution in [-0.2, 0) is 16.6 Å². The minimum Gasteiger partial charge on any atom is -0.327 e. The van der Waals surface area contributed by atoms with Gasteiger partial charge in [0.25, 0.3) is 5.91 Å². The third-order valence-electron chi connectivity index (χ3n) is 5.19. The predicted molar refractivity (Wildman–Crippen MR) is 124 cm³/mol. The molecule has 1 aromatic heterocycles. The van der Waals surface area contributed by atoms with Gasteiger partial charge in [0.15, 0.2) is 0 Å². The molecule has 33 heavy (non-hydrogen) atoms. The normalized spacial score (nSPS) is 15.3. The van der Waals surface area contributed by atoms with E-state index in [1.165, 1.54) is 16.4 Å². The maximum atomic E-state index is 13.0. The molecule has 4 rings (SSSR count). The lowest BCUT2D eigenvalue weighted by Crippen LogP contribution is -2.43. The number of thioether (sulfide) groups is 1. The fraction of sp³-hybridized carbons (Fsp3) is 0.273. The van der Waals surface area contributed by atoms with E-state index in [4.69, 9.17) is 0 Å². The number of para-hydroxylation sites is 1. The van der Waals surface area contributed by atoms with Crippen molar-refractivity contribution in [2.75, 3.05) is 22.9 Å². The van der Waals surface area contributed by atoms with E-state index in [0.29, 0.717) is 35.1 Å². The highest BCUT2D eigenvalue weighted by atomic mass is 32.2. The van der Waals surface area contributed by atoms with Gasteiger partial charge in [-0.05, 0) is 59.7 Å². The summed E-state index contributed by atoms with van der Waals surface area (Å²) in [4.78, 5) is 39.6. The van der Waals surface area contributed by atoms with Crippen LogP contribution in [-0.4, -0.2) is 61.2 Å². The number of nitrogens with one attached hydrogen (secondary N) is 2. The molecule has 10 nitrogen and oxygen atoms in total. The maximum absolute atomic E-state index is 13.0. The molecule has 11 heteroatoms. The third-order valence-corrected chi connectivity index (χ3v) is 6.20. The molecular weight excluding hydrogens is 442 g/mol. The van der Waals surface area contributed by atoms with Gasteiger partial charge in [0.05, 0.1) is 5.75 Å². The fourth-order valence-electron chi connectivity index (χ4n) is 3.56. The van der Waals surface area contributed by atoms with Crippen LogP contribution < -0.4 is 10.6 Å². The second-order valence-electron chi connectivity index (χ2n) is 7.51. The van der Waals surface area contributed by atoms with E-state index in [1.807, 2.05) is 30.3 Å². The van der Waals surface area contributed by atoms with Gasteiger partial charge in [0.2, 0.25) is 17.0 Å². The lowest BCUT2D eigenvalue weighted by molar-refractivity contribution is -0.119. The van der Waals surface area contributed by atoms with Crippen molar-refractivity contribution in [3.05, 3.63) is 60.2 Å². The van der Waals surface area contributed by atoms with Crippen LogP contribution >= 0.6 is 11.8 Å². The van der Waals surface area contributed by atoms with E-state index in [2.05, 4.69) is 26.2 Å². The summed E-state index contributed by atoms with van der Waals surface area (Å²) in [6.07, 6.45) is 1.39. The second kappa shape index (κ2) is 10.3. The number of benzene rings is 2. The molecule has 0 bridgehead atoms. The van der Waals surface area contributed by atoms with Crippen LogP contribution in [0.25, 0.3) is 0 Å². The van der Waals surface area contributed by atoms with Crippen LogP contribution in [0.4, 0.5) is 11.4 Å². The average Bonchev–Trinajstić information content (AvgIpc) is 3.47. The Labute approximate surface area is 194 Å². The molecule has 1 fully saturated rings. The molecule has 3 amide bonds. The van der Waals surface area contributed by atoms with E-state index in [-0.39, 0.29) is 23.5 Å². The van der Waals surface area contributed by atoms with E-state index in [1.54, 1.807) is 36.2 Å².